The fourth-order valence-electron chi connectivity index (χ4n) is 3.15. The average Bonchev–Trinajstić information content (AvgIpc) is 2.83. The van der Waals surface area contributed by atoms with Gasteiger partial charge in [-0.2, -0.15) is 0 Å². The van der Waals surface area contributed by atoms with Crippen LogP contribution in [-0.4, -0.2) is 35.3 Å². The number of aromatic nitrogens is 1. The number of carbonyl (C=O) groups is 1. The Bertz CT molecular complexity index is 579. The molecule has 0 spiro atoms. The average molecular weight is 256 g/mol. The third-order valence-electron chi connectivity index (χ3n) is 4.09. The van der Waals surface area contributed by atoms with Crippen molar-refractivity contribution in [1.29, 1.82) is 0 Å². The van der Waals surface area contributed by atoms with Crippen molar-refractivity contribution < 1.29 is 4.79 Å². The van der Waals surface area contributed by atoms with E-state index in [4.69, 9.17) is 0 Å². The molecule has 2 heterocycles. The molecule has 0 saturated carbocycles. The van der Waals surface area contributed by atoms with Crippen LogP contribution in [0.2, 0.25) is 0 Å². The predicted octanol–water partition coefficient (Wildman–Crippen LogP) is 2.94. The highest BCUT2D eigenvalue weighted by Crippen LogP contribution is 2.32. The molecule has 0 atom stereocenters. The number of carbonyl (C=O) groups excluding carboxylic acids is 1. The molecular formula is C16H20N2O. The summed E-state index contributed by atoms with van der Waals surface area (Å²) in [4.78, 5) is 16.8. The third-order valence-corrected chi connectivity index (χ3v) is 4.09. The smallest absolute Gasteiger partial charge is 0.143 e. The number of hydrogen-bond acceptors (Lipinski definition) is 2. The molecule has 0 radical (unpaired) electrons. The number of benzene rings is 1. The maximum atomic E-state index is 11.2. The fourth-order valence-corrected chi connectivity index (χ4v) is 3.15. The molecule has 2 aromatic rings. The summed E-state index contributed by atoms with van der Waals surface area (Å²) in [6, 6.07) is 8.50. The minimum atomic E-state index is 0.269. The number of ketones is 1. The topological polar surface area (TPSA) is 36.1 Å². The van der Waals surface area contributed by atoms with Crippen molar-refractivity contribution in [2.24, 2.45) is 0 Å². The highest BCUT2D eigenvalue weighted by Gasteiger charge is 2.22. The zero-order valence-corrected chi connectivity index (χ0v) is 11.4. The third kappa shape index (κ3) is 2.56. The van der Waals surface area contributed by atoms with Gasteiger partial charge in [-0.15, -0.1) is 0 Å². The van der Waals surface area contributed by atoms with Gasteiger partial charge in [0.15, 0.2) is 0 Å². The highest BCUT2D eigenvalue weighted by atomic mass is 16.1. The number of hydrogen-bond donors (Lipinski definition) is 1. The predicted molar refractivity (Wildman–Crippen MR) is 77.4 cm³/mol. The van der Waals surface area contributed by atoms with Crippen LogP contribution in [0, 0.1) is 0 Å². The molecule has 0 unspecified atom stereocenters. The SMILES string of the molecule is CC(=O)CN1CCC(c2c[nH]c3ccccc23)CC1. The van der Waals surface area contributed by atoms with E-state index in [1.807, 2.05) is 0 Å². The molecule has 3 nitrogen and oxygen atoms in total. The number of likely N-dealkylation sites (tertiary alicyclic amines) is 1. The van der Waals surface area contributed by atoms with Crippen LogP contribution in [0.4, 0.5) is 0 Å². The van der Waals surface area contributed by atoms with E-state index < -0.39 is 0 Å². The summed E-state index contributed by atoms with van der Waals surface area (Å²) in [6.45, 7) is 4.35. The summed E-state index contributed by atoms with van der Waals surface area (Å²) >= 11 is 0. The number of H-pyrrole nitrogens is 1. The number of fused-ring (bicyclic) bond motifs is 1. The number of aromatic amines is 1. The van der Waals surface area contributed by atoms with Crippen molar-refractivity contribution in [3.05, 3.63) is 36.0 Å². The van der Waals surface area contributed by atoms with Gasteiger partial charge < -0.3 is 4.98 Å². The molecule has 0 bridgehead atoms. The van der Waals surface area contributed by atoms with E-state index in [0.717, 1.165) is 25.9 Å². The highest BCUT2D eigenvalue weighted by molar-refractivity contribution is 5.83. The van der Waals surface area contributed by atoms with Gasteiger partial charge in [0.2, 0.25) is 0 Å². The summed E-state index contributed by atoms with van der Waals surface area (Å²) in [6.07, 6.45) is 4.46. The van der Waals surface area contributed by atoms with E-state index in [1.54, 1.807) is 6.92 Å². The van der Waals surface area contributed by atoms with Crippen molar-refractivity contribution in [3.63, 3.8) is 0 Å². The summed E-state index contributed by atoms with van der Waals surface area (Å²) in [5.41, 5.74) is 2.67. The number of para-hydroxylation sites is 1. The number of nitrogens with zero attached hydrogens (tertiary/aromatic N) is 1. The maximum Gasteiger partial charge on any atom is 0.143 e. The van der Waals surface area contributed by atoms with Gasteiger partial charge in [-0.05, 0) is 50.4 Å². The summed E-state index contributed by atoms with van der Waals surface area (Å²) < 4.78 is 0. The van der Waals surface area contributed by atoms with Gasteiger partial charge in [0.05, 0.1) is 6.54 Å². The molecule has 19 heavy (non-hydrogen) atoms. The minimum absolute atomic E-state index is 0.269. The second-order valence-electron chi connectivity index (χ2n) is 5.54. The van der Waals surface area contributed by atoms with Crippen molar-refractivity contribution >= 4 is 16.7 Å². The molecule has 3 rings (SSSR count). The van der Waals surface area contributed by atoms with Crippen LogP contribution in [0.15, 0.2) is 30.5 Å². The molecule has 1 aliphatic rings. The van der Waals surface area contributed by atoms with E-state index in [-0.39, 0.29) is 5.78 Å². The molecular weight excluding hydrogens is 236 g/mol. The number of nitrogens with one attached hydrogen (secondary N) is 1. The first kappa shape index (κ1) is 12.4. The molecule has 0 aliphatic carbocycles. The van der Waals surface area contributed by atoms with E-state index in [9.17, 15) is 4.79 Å². The Kier molecular flexibility index (Phi) is 3.38. The molecule has 1 aromatic carbocycles. The quantitative estimate of drug-likeness (QED) is 0.916. The van der Waals surface area contributed by atoms with Crippen LogP contribution >= 0.6 is 0 Å². The fraction of sp³-hybridized carbons (Fsp3) is 0.438. The molecule has 1 N–H and O–H groups in total. The van der Waals surface area contributed by atoms with Crippen molar-refractivity contribution in [2.45, 2.75) is 25.7 Å². The van der Waals surface area contributed by atoms with E-state index in [2.05, 4.69) is 40.3 Å². The molecule has 0 amide bonds. The van der Waals surface area contributed by atoms with Gasteiger partial charge in [0.25, 0.3) is 0 Å². The largest absolute Gasteiger partial charge is 0.361 e. The van der Waals surface area contributed by atoms with Crippen molar-refractivity contribution in [3.8, 4) is 0 Å². The van der Waals surface area contributed by atoms with Crippen LogP contribution in [-0.2, 0) is 4.79 Å². The Morgan fingerprint density at radius 1 is 1.32 bits per heavy atom. The van der Waals surface area contributed by atoms with Gasteiger partial charge in [0.1, 0.15) is 5.78 Å². The second kappa shape index (κ2) is 5.17. The minimum Gasteiger partial charge on any atom is -0.361 e. The zero-order chi connectivity index (χ0) is 13.2. The van der Waals surface area contributed by atoms with Crippen LogP contribution in [0.1, 0.15) is 31.2 Å². The van der Waals surface area contributed by atoms with Gasteiger partial charge in [-0.1, -0.05) is 18.2 Å². The van der Waals surface area contributed by atoms with E-state index in [0.29, 0.717) is 12.5 Å². The van der Waals surface area contributed by atoms with Crippen molar-refractivity contribution in [2.75, 3.05) is 19.6 Å². The first-order chi connectivity index (χ1) is 9.24. The number of Topliss-reactive ketones (excluding diaryl/α,β-unsaturated/α-hetero) is 1. The zero-order valence-electron chi connectivity index (χ0n) is 11.4. The lowest BCUT2D eigenvalue weighted by Crippen LogP contribution is -2.36. The Hall–Kier alpha value is -1.61. The lowest BCUT2D eigenvalue weighted by Gasteiger charge is -2.31. The van der Waals surface area contributed by atoms with Gasteiger partial charge in [-0.25, -0.2) is 0 Å². The first-order valence-corrected chi connectivity index (χ1v) is 7.02. The molecule has 1 saturated heterocycles. The Morgan fingerprint density at radius 2 is 2.05 bits per heavy atom. The Morgan fingerprint density at radius 3 is 2.79 bits per heavy atom. The normalized spacial score (nSPS) is 17.9. The monoisotopic (exact) mass is 256 g/mol. The van der Waals surface area contributed by atoms with E-state index >= 15 is 0 Å². The van der Waals surface area contributed by atoms with Crippen LogP contribution in [0.25, 0.3) is 10.9 Å². The molecule has 1 aliphatic heterocycles. The molecule has 3 heteroatoms. The Balaban J connectivity index is 1.73. The van der Waals surface area contributed by atoms with Crippen LogP contribution in [0.3, 0.4) is 0 Å². The van der Waals surface area contributed by atoms with Crippen LogP contribution in [0.5, 0.6) is 0 Å². The van der Waals surface area contributed by atoms with E-state index in [1.165, 1.54) is 16.5 Å². The number of rotatable bonds is 3. The van der Waals surface area contributed by atoms with Crippen molar-refractivity contribution in [1.82, 2.24) is 9.88 Å². The summed E-state index contributed by atoms with van der Waals surface area (Å²) in [5, 5.41) is 1.35. The second-order valence-corrected chi connectivity index (χ2v) is 5.54. The lowest BCUT2D eigenvalue weighted by atomic mass is 9.89. The molecule has 1 aromatic heterocycles. The first-order valence-electron chi connectivity index (χ1n) is 7.02. The van der Waals surface area contributed by atoms with Gasteiger partial charge in [-0.3, -0.25) is 9.69 Å². The summed E-state index contributed by atoms with van der Waals surface area (Å²) in [5.74, 6) is 0.893. The summed E-state index contributed by atoms with van der Waals surface area (Å²) in [7, 11) is 0. The standard InChI is InChI=1S/C16H20N2O/c1-12(19)11-18-8-6-13(7-9-18)15-10-17-16-5-3-2-4-14(15)16/h2-5,10,13,17H,6-9,11H2,1H3. The number of piperidine rings is 1. The maximum absolute atomic E-state index is 11.2. The van der Waals surface area contributed by atoms with Crippen LogP contribution < -0.4 is 0 Å². The lowest BCUT2D eigenvalue weighted by molar-refractivity contribution is -0.118. The Labute approximate surface area is 113 Å². The van der Waals surface area contributed by atoms with Gasteiger partial charge in [0, 0.05) is 17.1 Å². The van der Waals surface area contributed by atoms with Gasteiger partial charge >= 0.3 is 0 Å². The molecule has 1 fully saturated rings. The molecule has 100 valence electrons.